The van der Waals surface area contributed by atoms with E-state index in [1.54, 1.807) is 0 Å². The van der Waals surface area contributed by atoms with Crippen molar-refractivity contribution >= 4 is 40.2 Å². The minimum absolute atomic E-state index is 0.258. The van der Waals surface area contributed by atoms with E-state index in [1.165, 1.54) is 0 Å². The maximum Gasteiger partial charge on any atom is 0.227 e. The molecule has 4 rings (SSSR count). The summed E-state index contributed by atoms with van der Waals surface area (Å²) in [5, 5.41) is 10.9. The van der Waals surface area contributed by atoms with Crippen molar-refractivity contribution in [2.75, 3.05) is 23.7 Å². The summed E-state index contributed by atoms with van der Waals surface area (Å²) in [7, 11) is 0. The zero-order valence-electron chi connectivity index (χ0n) is 15.5. The molecular weight excluding hydrogens is 362 g/mol. The van der Waals surface area contributed by atoms with Crippen LogP contribution in [0.3, 0.4) is 0 Å². The van der Waals surface area contributed by atoms with Gasteiger partial charge in [-0.2, -0.15) is 9.97 Å². The van der Waals surface area contributed by atoms with Crippen LogP contribution in [0.4, 0.5) is 17.5 Å². The summed E-state index contributed by atoms with van der Waals surface area (Å²) in [5.41, 5.74) is 2.43. The number of nitrogens with zero attached hydrogens (tertiary/aromatic N) is 4. The van der Waals surface area contributed by atoms with E-state index in [2.05, 4.69) is 39.3 Å². The summed E-state index contributed by atoms with van der Waals surface area (Å²) in [6, 6.07) is 8.16. The highest BCUT2D eigenvalue weighted by Gasteiger charge is 2.18. The quantitative estimate of drug-likeness (QED) is 0.616. The SMILES string of the molecule is CC(C)n1cnc2c(Nc3cccc(Cl)c3)nc(N[C@H]3CCCNC3)nc21. The van der Waals surface area contributed by atoms with Crippen LogP contribution in [0.1, 0.15) is 32.7 Å². The second kappa shape index (κ2) is 7.70. The van der Waals surface area contributed by atoms with Gasteiger partial charge in [0.1, 0.15) is 0 Å². The highest BCUT2D eigenvalue weighted by molar-refractivity contribution is 6.30. The second-order valence-electron chi connectivity index (χ2n) is 7.14. The van der Waals surface area contributed by atoms with Crippen LogP contribution < -0.4 is 16.0 Å². The smallest absolute Gasteiger partial charge is 0.227 e. The number of imidazole rings is 1. The van der Waals surface area contributed by atoms with Crippen molar-refractivity contribution in [3.05, 3.63) is 35.6 Å². The first-order chi connectivity index (χ1) is 13.1. The van der Waals surface area contributed by atoms with E-state index in [9.17, 15) is 0 Å². The molecule has 1 atom stereocenters. The molecule has 8 heteroatoms. The predicted molar refractivity (Wildman–Crippen MR) is 110 cm³/mol. The van der Waals surface area contributed by atoms with Gasteiger partial charge in [0.25, 0.3) is 0 Å². The summed E-state index contributed by atoms with van der Waals surface area (Å²) in [6.07, 6.45) is 4.07. The first-order valence-electron chi connectivity index (χ1n) is 9.34. The molecule has 0 bridgehead atoms. The average Bonchev–Trinajstić information content (AvgIpc) is 3.07. The Hall–Kier alpha value is -2.38. The Balaban J connectivity index is 1.73. The first kappa shape index (κ1) is 18.0. The highest BCUT2D eigenvalue weighted by Crippen LogP contribution is 2.27. The summed E-state index contributed by atoms with van der Waals surface area (Å²) in [4.78, 5) is 14.0. The van der Waals surface area contributed by atoms with Gasteiger partial charge in [-0.25, -0.2) is 4.98 Å². The number of fused-ring (bicyclic) bond motifs is 1. The number of aromatic nitrogens is 4. The summed E-state index contributed by atoms with van der Waals surface area (Å²) >= 11 is 6.12. The maximum absolute atomic E-state index is 6.12. The summed E-state index contributed by atoms with van der Waals surface area (Å²) in [5.74, 6) is 1.29. The molecule has 1 aliphatic rings. The lowest BCUT2D eigenvalue weighted by atomic mass is 10.1. The Labute approximate surface area is 163 Å². The van der Waals surface area contributed by atoms with Crippen molar-refractivity contribution < 1.29 is 0 Å². The van der Waals surface area contributed by atoms with Crippen LogP contribution in [0.5, 0.6) is 0 Å². The van der Waals surface area contributed by atoms with Crippen molar-refractivity contribution in [2.24, 2.45) is 0 Å². The van der Waals surface area contributed by atoms with Crippen molar-refractivity contribution in [2.45, 2.75) is 38.8 Å². The van der Waals surface area contributed by atoms with Crippen LogP contribution in [0, 0.1) is 0 Å². The molecule has 0 spiro atoms. The molecule has 142 valence electrons. The van der Waals surface area contributed by atoms with Crippen molar-refractivity contribution in [3.63, 3.8) is 0 Å². The number of piperidine rings is 1. The molecule has 1 aliphatic heterocycles. The average molecular weight is 386 g/mol. The molecule has 7 nitrogen and oxygen atoms in total. The minimum Gasteiger partial charge on any atom is -0.350 e. The van der Waals surface area contributed by atoms with E-state index < -0.39 is 0 Å². The van der Waals surface area contributed by atoms with Gasteiger partial charge in [0.05, 0.1) is 6.33 Å². The molecule has 0 unspecified atom stereocenters. The molecule has 1 aromatic carbocycles. The predicted octanol–water partition coefficient (Wildman–Crippen LogP) is 3.97. The second-order valence-corrected chi connectivity index (χ2v) is 7.57. The lowest BCUT2D eigenvalue weighted by Crippen LogP contribution is -2.38. The molecular formula is C19H24ClN7. The molecule has 0 saturated carbocycles. The van der Waals surface area contributed by atoms with Gasteiger partial charge < -0.3 is 20.5 Å². The molecule has 27 heavy (non-hydrogen) atoms. The lowest BCUT2D eigenvalue weighted by molar-refractivity contribution is 0.478. The number of hydrogen-bond acceptors (Lipinski definition) is 6. The number of nitrogens with one attached hydrogen (secondary N) is 3. The Kier molecular flexibility index (Phi) is 5.13. The Morgan fingerprint density at radius 3 is 2.93 bits per heavy atom. The monoisotopic (exact) mass is 385 g/mol. The van der Waals surface area contributed by atoms with Gasteiger partial charge in [0.2, 0.25) is 5.95 Å². The standard InChI is InChI=1S/C19H24ClN7/c1-12(2)27-11-22-16-17(23-14-6-3-5-13(20)9-14)25-19(26-18(16)27)24-15-7-4-8-21-10-15/h3,5-6,9,11-12,15,21H,4,7-8,10H2,1-2H3,(H2,23,24,25,26)/t15-/m0/s1. The zero-order chi connectivity index (χ0) is 18.8. The van der Waals surface area contributed by atoms with E-state index in [4.69, 9.17) is 21.6 Å². The van der Waals surface area contributed by atoms with Crippen LogP contribution in [-0.4, -0.2) is 38.7 Å². The third-order valence-corrected chi connectivity index (χ3v) is 4.93. The van der Waals surface area contributed by atoms with Crippen LogP contribution in [0.15, 0.2) is 30.6 Å². The zero-order valence-corrected chi connectivity index (χ0v) is 16.3. The molecule has 1 saturated heterocycles. The van der Waals surface area contributed by atoms with E-state index in [1.807, 2.05) is 30.6 Å². The van der Waals surface area contributed by atoms with E-state index >= 15 is 0 Å². The number of benzene rings is 1. The molecule has 0 aliphatic carbocycles. The van der Waals surface area contributed by atoms with E-state index in [0.717, 1.165) is 42.8 Å². The number of halogens is 1. The normalized spacial score (nSPS) is 17.4. The van der Waals surface area contributed by atoms with Gasteiger partial charge >= 0.3 is 0 Å². The molecule has 3 heterocycles. The van der Waals surface area contributed by atoms with Crippen molar-refractivity contribution in [3.8, 4) is 0 Å². The lowest BCUT2D eigenvalue weighted by Gasteiger charge is -2.24. The Morgan fingerprint density at radius 1 is 1.30 bits per heavy atom. The third-order valence-electron chi connectivity index (χ3n) is 4.70. The van der Waals surface area contributed by atoms with Gasteiger partial charge in [-0.15, -0.1) is 0 Å². The minimum atomic E-state index is 0.258. The van der Waals surface area contributed by atoms with Crippen LogP contribution in [0.25, 0.3) is 11.2 Å². The summed E-state index contributed by atoms with van der Waals surface area (Å²) < 4.78 is 2.06. The fourth-order valence-electron chi connectivity index (χ4n) is 3.31. The first-order valence-corrected chi connectivity index (χ1v) is 9.72. The van der Waals surface area contributed by atoms with Gasteiger partial charge in [0.15, 0.2) is 17.0 Å². The summed E-state index contributed by atoms with van der Waals surface area (Å²) in [6.45, 7) is 6.22. The fraction of sp³-hybridized carbons (Fsp3) is 0.421. The van der Waals surface area contributed by atoms with Crippen LogP contribution >= 0.6 is 11.6 Å². The topological polar surface area (TPSA) is 79.7 Å². The molecule has 3 N–H and O–H groups in total. The number of anilines is 3. The third kappa shape index (κ3) is 3.99. The van der Waals surface area contributed by atoms with Gasteiger partial charge in [0, 0.05) is 29.3 Å². The van der Waals surface area contributed by atoms with Crippen molar-refractivity contribution in [1.29, 1.82) is 0 Å². The highest BCUT2D eigenvalue weighted by atomic mass is 35.5. The van der Waals surface area contributed by atoms with Gasteiger partial charge in [-0.3, -0.25) is 0 Å². The maximum atomic E-state index is 6.12. The van der Waals surface area contributed by atoms with Crippen molar-refractivity contribution in [1.82, 2.24) is 24.8 Å². The largest absolute Gasteiger partial charge is 0.350 e. The van der Waals surface area contributed by atoms with Gasteiger partial charge in [-0.1, -0.05) is 17.7 Å². The molecule has 0 radical (unpaired) electrons. The number of hydrogen-bond donors (Lipinski definition) is 3. The Bertz CT molecular complexity index is 931. The van der Waals surface area contributed by atoms with Gasteiger partial charge in [-0.05, 0) is 51.4 Å². The number of rotatable bonds is 5. The van der Waals surface area contributed by atoms with E-state index in [0.29, 0.717) is 22.8 Å². The Morgan fingerprint density at radius 2 is 2.19 bits per heavy atom. The van der Waals surface area contributed by atoms with Crippen LogP contribution in [-0.2, 0) is 0 Å². The van der Waals surface area contributed by atoms with Crippen LogP contribution in [0.2, 0.25) is 5.02 Å². The molecule has 1 fully saturated rings. The fourth-order valence-corrected chi connectivity index (χ4v) is 3.50. The molecule has 3 aromatic rings. The molecule has 2 aromatic heterocycles. The molecule has 0 amide bonds. The van der Waals surface area contributed by atoms with E-state index in [-0.39, 0.29) is 6.04 Å².